The van der Waals surface area contributed by atoms with Gasteiger partial charge in [0.1, 0.15) is 37.1 Å². The lowest BCUT2D eigenvalue weighted by atomic mass is 9.98. The summed E-state index contributed by atoms with van der Waals surface area (Å²) >= 11 is 0. The minimum atomic E-state index is -0.984. The number of hydrogen-bond donors (Lipinski definition) is 3. The number of ether oxygens (including phenoxy) is 1. The maximum Gasteiger partial charge on any atom is 0.410 e. The predicted octanol–water partition coefficient (Wildman–Crippen LogP) is 3.87. The van der Waals surface area contributed by atoms with Crippen molar-refractivity contribution in [3.05, 3.63) is 59.7 Å². The largest absolute Gasteiger partial charge is 0.448 e. The molecule has 0 aromatic heterocycles. The first-order valence-corrected chi connectivity index (χ1v) is 17.3. The molecule has 272 valence electrons. The topological polar surface area (TPSA) is 154 Å². The smallest absolute Gasteiger partial charge is 0.410 e. The Morgan fingerprint density at radius 1 is 0.720 bits per heavy atom. The second kappa shape index (κ2) is 17.8. The number of fused-ring (bicyclic) bond motifs is 3. The first kappa shape index (κ1) is 39.7. The Labute approximate surface area is 295 Å². The normalized spacial score (nSPS) is 15.1. The van der Waals surface area contributed by atoms with Gasteiger partial charge in [0.05, 0.1) is 6.04 Å². The Bertz CT molecular complexity index is 1500. The van der Waals surface area contributed by atoms with Crippen LogP contribution in [0.5, 0.6) is 0 Å². The lowest BCUT2D eigenvalue weighted by Crippen LogP contribution is -2.58. The predicted molar refractivity (Wildman–Crippen MR) is 191 cm³/mol. The van der Waals surface area contributed by atoms with Crippen molar-refractivity contribution in [3.8, 4) is 11.1 Å². The van der Waals surface area contributed by atoms with Crippen molar-refractivity contribution < 1.29 is 33.5 Å². The molecule has 0 aliphatic heterocycles. The molecule has 2 aromatic rings. The van der Waals surface area contributed by atoms with Crippen LogP contribution in [-0.4, -0.2) is 96.7 Å². The number of likely N-dealkylation sites (N-methyl/N-ethyl adjacent to an activating group) is 2. The van der Waals surface area contributed by atoms with E-state index in [-0.39, 0.29) is 30.8 Å². The van der Waals surface area contributed by atoms with E-state index in [9.17, 15) is 28.8 Å². The molecule has 2 unspecified atom stereocenters. The van der Waals surface area contributed by atoms with E-state index in [0.717, 1.165) is 22.3 Å². The SMILES string of the molecule is CC(C)CC(C(=O)N[C@@H](C)C(=O)N[C@@H](C)C=O)N(C)C(=O)[C@H](CC(C)C)NC(=O)C(C)N(C)C(=O)OCC1c2ccccc2-c2ccccc21. The molecular weight excluding hydrogens is 638 g/mol. The number of benzene rings is 2. The monoisotopic (exact) mass is 691 g/mol. The molecule has 1 aliphatic carbocycles. The van der Waals surface area contributed by atoms with E-state index in [1.807, 2.05) is 64.1 Å². The van der Waals surface area contributed by atoms with E-state index in [4.69, 9.17) is 4.74 Å². The van der Waals surface area contributed by atoms with Crippen LogP contribution in [0.3, 0.4) is 0 Å². The number of rotatable bonds is 16. The average Bonchev–Trinajstić information content (AvgIpc) is 3.40. The highest BCUT2D eigenvalue weighted by Gasteiger charge is 2.36. The maximum absolute atomic E-state index is 13.9. The van der Waals surface area contributed by atoms with Crippen LogP contribution in [0.15, 0.2) is 48.5 Å². The summed E-state index contributed by atoms with van der Waals surface area (Å²) in [6.45, 7) is 12.3. The summed E-state index contributed by atoms with van der Waals surface area (Å²) in [4.78, 5) is 80.0. The zero-order valence-electron chi connectivity index (χ0n) is 30.7. The van der Waals surface area contributed by atoms with Gasteiger partial charge < -0.3 is 30.4 Å². The summed E-state index contributed by atoms with van der Waals surface area (Å²) in [5.41, 5.74) is 4.36. The standard InChI is InChI=1S/C38H53N5O7/c1-22(2)18-32(37(48)43(9)33(19-23(3)4)36(47)40-25(6)34(45)39-24(5)20-44)41-35(46)26(7)42(8)38(49)50-21-31-29-16-12-10-14-27(29)28-15-11-13-17-30(28)31/h10-17,20,22-26,31-33H,18-19,21H2,1-9H3,(H,39,45)(H,40,47)(H,41,46)/t24-,25-,26?,32-,33?/m0/s1. The molecule has 3 rings (SSSR count). The summed E-state index contributed by atoms with van der Waals surface area (Å²) < 4.78 is 5.74. The molecule has 12 heteroatoms. The van der Waals surface area contributed by atoms with Crippen LogP contribution in [0, 0.1) is 11.8 Å². The number of nitrogens with one attached hydrogen (secondary N) is 3. The van der Waals surface area contributed by atoms with Gasteiger partial charge in [-0.2, -0.15) is 0 Å². The summed E-state index contributed by atoms with van der Waals surface area (Å²) in [6.07, 6.45) is 0.498. The van der Waals surface area contributed by atoms with E-state index in [2.05, 4.69) is 28.1 Å². The number of aldehydes is 1. The van der Waals surface area contributed by atoms with Gasteiger partial charge in [0.15, 0.2) is 0 Å². The molecule has 2 aromatic carbocycles. The molecule has 0 heterocycles. The summed E-state index contributed by atoms with van der Waals surface area (Å²) in [6, 6.07) is 11.5. The molecule has 0 radical (unpaired) electrons. The van der Waals surface area contributed by atoms with Gasteiger partial charge in [-0.1, -0.05) is 76.2 Å². The molecule has 1 aliphatic rings. The molecule has 3 N–H and O–H groups in total. The number of nitrogens with zero attached hydrogens (tertiary/aromatic N) is 2. The van der Waals surface area contributed by atoms with Gasteiger partial charge in [0, 0.05) is 20.0 Å². The van der Waals surface area contributed by atoms with Crippen molar-refractivity contribution in [2.24, 2.45) is 11.8 Å². The summed E-state index contributed by atoms with van der Waals surface area (Å²) in [5.74, 6) is -2.20. The van der Waals surface area contributed by atoms with Gasteiger partial charge in [0.2, 0.25) is 23.6 Å². The fourth-order valence-electron chi connectivity index (χ4n) is 6.06. The Morgan fingerprint density at radius 3 is 1.78 bits per heavy atom. The Morgan fingerprint density at radius 2 is 1.26 bits per heavy atom. The molecule has 0 saturated carbocycles. The third-order valence-corrected chi connectivity index (χ3v) is 9.04. The third-order valence-electron chi connectivity index (χ3n) is 9.04. The quantitative estimate of drug-likeness (QED) is 0.226. The Hall–Kier alpha value is -4.74. The van der Waals surface area contributed by atoms with Crippen LogP contribution in [0.1, 0.15) is 78.4 Å². The van der Waals surface area contributed by atoms with Crippen LogP contribution in [0.4, 0.5) is 4.79 Å². The van der Waals surface area contributed by atoms with Gasteiger partial charge in [-0.05, 0) is 67.7 Å². The van der Waals surface area contributed by atoms with Crippen molar-refractivity contribution >= 4 is 36.0 Å². The fourth-order valence-corrected chi connectivity index (χ4v) is 6.06. The van der Waals surface area contributed by atoms with Crippen LogP contribution in [0.25, 0.3) is 11.1 Å². The molecule has 0 spiro atoms. The lowest BCUT2D eigenvalue weighted by molar-refractivity contribution is -0.143. The van der Waals surface area contributed by atoms with Crippen molar-refractivity contribution in [1.29, 1.82) is 0 Å². The highest BCUT2D eigenvalue weighted by molar-refractivity contribution is 5.95. The molecule has 5 atom stereocenters. The zero-order chi connectivity index (χ0) is 37.3. The van der Waals surface area contributed by atoms with Gasteiger partial charge >= 0.3 is 6.09 Å². The van der Waals surface area contributed by atoms with E-state index in [0.29, 0.717) is 12.7 Å². The van der Waals surface area contributed by atoms with Crippen molar-refractivity contribution in [3.63, 3.8) is 0 Å². The Kier molecular flexibility index (Phi) is 14.1. The minimum absolute atomic E-state index is 0.00807. The first-order chi connectivity index (χ1) is 23.6. The molecule has 0 fully saturated rings. The molecule has 0 bridgehead atoms. The number of hydrogen-bond acceptors (Lipinski definition) is 7. The third kappa shape index (κ3) is 9.92. The molecule has 5 amide bonds. The number of amides is 5. The number of carbonyl (C=O) groups excluding carboxylic acids is 6. The van der Waals surface area contributed by atoms with Crippen LogP contribution in [-0.2, 0) is 28.7 Å². The maximum atomic E-state index is 13.9. The van der Waals surface area contributed by atoms with E-state index in [1.54, 1.807) is 6.92 Å². The van der Waals surface area contributed by atoms with Crippen LogP contribution < -0.4 is 16.0 Å². The first-order valence-electron chi connectivity index (χ1n) is 17.3. The molecule has 50 heavy (non-hydrogen) atoms. The molecule has 12 nitrogen and oxygen atoms in total. The van der Waals surface area contributed by atoms with Crippen LogP contribution >= 0.6 is 0 Å². The van der Waals surface area contributed by atoms with Crippen molar-refractivity contribution in [2.75, 3.05) is 20.7 Å². The molecular formula is C38H53N5O7. The lowest BCUT2D eigenvalue weighted by Gasteiger charge is -2.33. The molecule has 0 saturated heterocycles. The highest BCUT2D eigenvalue weighted by Crippen LogP contribution is 2.44. The van der Waals surface area contributed by atoms with E-state index in [1.165, 1.54) is 37.7 Å². The minimum Gasteiger partial charge on any atom is -0.448 e. The van der Waals surface area contributed by atoms with E-state index < -0.39 is 59.9 Å². The van der Waals surface area contributed by atoms with E-state index >= 15 is 0 Å². The summed E-state index contributed by atoms with van der Waals surface area (Å²) in [7, 11) is 2.98. The summed E-state index contributed by atoms with van der Waals surface area (Å²) in [5, 5.41) is 7.97. The van der Waals surface area contributed by atoms with Crippen molar-refractivity contribution in [2.45, 2.75) is 97.4 Å². The second-order valence-corrected chi connectivity index (χ2v) is 14.0. The van der Waals surface area contributed by atoms with Gasteiger partial charge in [0.25, 0.3) is 0 Å². The average molecular weight is 692 g/mol. The Balaban J connectivity index is 1.68. The van der Waals surface area contributed by atoms with Crippen LogP contribution in [0.2, 0.25) is 0 Å². The van der Waals surface area contributed by atoms with Crippen molar-refractivity contribution in [1.82, 2.24) is 25.8 Å². The zero-order valence-corrected chi connectivity index (χ0v) is 30.7. The highest BCUT2D eigenvalue weighted by atomic mass is 16.6. The fraction of sp³-hybridized carbons (Fsp3) is 0.526. The van der Waals surface area contributed by atoms with Gasteiger partial charge in [-0.15, -0.1) is 0 Å². The number of carbonyl (C=O) groups is 6. The van der Waals surface area contributed by atoms with Gasteiger partial charge in [-0.25, -0.2) is 4.79 Å². The second-order valence-electron chi connectivity index (χ2n) is 14.0. The van der Waals surface area contributed by atoms with Gasteiger partial charge in [-0.3, -0.25) is 24.1 Å².